The summed E-state index contributed by atoms with van der Waals surface area (Å²) in [5.41, 5.74) is -5.21. The minimum Gasteiger partial charge on any atom is -0.465 e. The molecule has 0 aromatic heterocycles. The molecule has 10 aromatic rings. The first-order valence-corrected chi connectivity index (χ1v) is 32.2. The number of ether oxygens (including phenoxy) is 2. The molecule has 2 unspecified atom stereocenters. The van der Waals surface area contributed by atoms with E-state index in [4.69, 9.17) is 9.47 Å². The molecule has 0 fully saturated rings. The minimum absolute atomic E-state index is 0.0387. The van der Waals surface area contributed by atoms with Gasteiger partial charge in [-0.05, 0) is 154 Å². The van der Waals surface area contributed by atoms with Gasteiger partial charge in [-0.3, -0.25) is 18.7 Å². The van der Waals surface area contributed by atoms with Crippen LogP contribution in [0.1, 0.15) is 85.9 Å². The molecule has 12 nitrogen and oxygen atoms in total. The molecule has 0 aliphatic heterocycles. The normalized spacial score (nSPS) is 13.1. The lowest BCUT2D eigenvalue weighted by Crippen LogP contribution is -2.41. The second-order valence-electron chi connectivity index (χ2n) is 22.4. The molecule has 4 N–H and O–H groups in total. The highest BCUT2D eigenvalue weighted by Gasteiger charge is 2.52. The van der Waals surface area contributed by atoms with Crippen molar-refractivity contribution in [1.82, 2.24) is 0 Å². The number of alkyl halides is 4. The zero-order chi connectivity index (χ0) is 67.6. The van der Waals surface area contributed by atoms with Crippen LogP contribution in [0, 0.1) is 11.6 Å². The molecule has 0 aliphatic rings. The molecule has 10 rings (SSSR count). The molecule has 0 bridgehead atoms. The van der Waals surface area contributed by atoms with Gasteiger partial charge in [-0.1, -0.05) is 182 Å². The van der Waals surface area contributed by atoms with Gasteiger partial charge in [-0.15, -0.1) is 0 Å². The molecule has 0 aliphatic carbocycles. The molecule has 10 aromatic carbocycles. The van der Waals surface area contributed by atoms with Crippen LogP contribution in [-0.4, -0.2) is 57.3 Å². The van der Waals surface area contributed by atoms with Crippen LogP contribution in [0.4, 0.5) is 26.3 Å². The number of halogens is 6. The Morgan fingerprint density at radius 1 is 0.330 bits per heavy atom. The van der Waals surface area contributed by atoms with E-state index < -0.39 is 72.0 Å². The summed E-state index contributed by atoms with van der Waals surface area (Å²) in [7, 11) is -9.10. The molecular formula is C74H60F6O12P2. The Bertz CT molecular complexity index is 4100. The molecule has 0 amide bonds. The molecule has 480 valence electrons. The average molecular weight is 1320 g/mol. The molecule has 0 saturated carbocycles. The van der Waals surface area contributed by atoms with Crippen LogP contribution in [0.15, 0.2) is 255 Å². The van der Waals surface area contributed by atoms with Crippen molar-refractivity contribution in [2.24, 2.45) is 0 Å². The van der Waals surface area contributed by atoms with Gasteiger partial charge in [0.2, 0.25) is 0 Å². The van der Waals surface area contributed by atoms with E-state index in [2.05, 4.69) is 0 Å². The number of benzene rings is 10. The Kier molecular flexibility index (Phi) is 21.0. The number of ketones is 2. The smallest absolute Gasteiger partial charge is 0.399 e. The number of hydrogen-bond acceptors (Lipinski definition) is 8. The Hall–Kier alpha value is -9.64. The van der Waals surface area contributed by atoms with E-state index in [1.165, 1.54) is 111 Å². The van der Waals surface area contributed by atoms with E-state index in [0.717, 1.165) is 57.6 Å². The van der Waals surface area contributed by atoms with Gasteiger partial charge in [-0.2, -0.15) is 17.6 Å². The minimum atomic E-state index is -5.80. The van der Waals surface area contributed by atoms with Crippen molar-refractivity contribution in [3.05, 3.63) is 333 Å². The Balaban J connectivity index is 0.000000221. The lowest BCUT2D eigenvalue weighted by Gasteiger charge is -2.34. The molecule has 0 heterocycles. The van der Waals surface area contributed by atoms with Gasteiger partial charge in [0.1, 0.15) is 11.6 Å². The highest BCUT2D eigenvalue weighted by molar-refractivity contribution is 7.52. The second-order valence-corrected chi connectivity index (χ2v) is 25.7. The SMILES string of the molecule is COC(=O)c1ccc(C(Cc2ccc(-c3ccccc3)cc2)(Cc2ccc(C(F)(F)P(=O)(O)O)cc2)C(=O)c2ccc(F)cc2)cc1.COC(=O)c1ccc(C(Cc2ccc(-c3ccccc3)cc2)(Cc2ccc(C(F)(F)P(=O)(O)O)cc2)C(=O)c2ccc(F)cc2)cc1. The summed E-state index contributed by atoms with van der Waals surface area (Å²) in [5.74, 6) is -3.00. The van der Waals surface area contributed by atoms with Crippen molar-refractivity contribution >= 4 is 38.7 Å². The van der Waals surface area contributed by atoms with Crippen molar-refractivity contribution in [3.63, 3.8) is 0 Å². The molecule has 2 atom stereocenters. The highest BCUT2D eigenvalue weighted by Crippen LogP contribution is 2.60. The van der Waals surface area contributed by atoms with Gasteiger partial charge < -0.3 is 29.0 Å². The standard InChI is InChI=1S/2C37H30F3O6P/c2*1-46-35(42)30-13-19-31(20-14-30)36(34(41)29-15-21-33(38)22-16-29,23-25-7-11-28(12-8-25)27-5-3-2-4-6-27)24-26-9-17-32(18-10-26)37(39,40)47(43,44)45/h2*2-22H,23-24H2,1H3,(H2,43,44,45). The Labute approximate surface area is 537 Å². The first-order valence-electron chi connectivity index (χ1n) is 29.0. The van der Waals surface area contributed by atoms with Gasteiger partial charge in [0.05, 0.1) is 36.2 Å². The monoisotopic (exact) mass is 1320 g/mol. The van der Waals surface area contributed by atoms with Crippen molar-refractivity contribution in [2.45, 2.75) is 47.8 Å². The second kappa shape index (κ2) is 28.7. The topological polar surface area (TPSA) is 202 Å². The first kappa shape index (κ1) is 68.7. The fourth-order valence-electron chi connectivity index (χ4n) is 11.2. The first-order chi connectivity index (χ1) is 44.7. The van der Waals surface area contributed by atoms with E-state index in [9.17, 15) is 74.2 Å². The lowest BCUT2D eigenvalue weighted by atomic mass is 9.66. The predicted molar refractivity (Wildman–Crippen MR) is 344 cm³/mol. The van der Waals surface area contributed by atoms with E-state index in [-0.39, 0.29) is 59.5 Å². The van der Waals surface area contributed by atoms with Crippen LogP contribution >= 0.6 is 15.2 Å². The Morgan fingerprint density at radius 3 is 0.819 bits per heavy atom. The number of hydrogen-bond donors (Lipinski definition) is 4. The van der Waals surface area contributed by atoms with E-state index >= 15 is 0 Å². The molecule has 0 saturated heterocycles. The fourth-order valence-corrected chi connectivity index (χ4v) is 12.2. The quantitative estimate of drug-likeness (QED) is 0.0217. The van der Waals surface area contributed by atoms with Crippen LogP contribution < -0.4 is 0 Å². The van der Waals surface area contributed by atoms with Crippen LogP contribution in [0.25, 0.3) is 22.3 Å². The van der Waals surface area contributed by atoms with Gasteiger partial charge in [-0.25, -0.2) is 18.4 Å². The van der Waals surface area contributed by atoms with Crippen molar-refractivity contribution < 1.29 is 83.7 Å². The van der Waals surface area contributed by atoms with Crippen LogP contribution in [-0.2, 0) is 66.4 Å². The summed E-state index contributed by atoms with van der Waals surface area (Å²) >= 11 is 0. The maximum Gasteiger partial charge on any atom is 0.399 e. The maximum atomic E-state index is 14.7. The third-order valence-corrected chi connectivity index (χ3v) is 18.3. The summed E-state index contributed by atoms with van der Waals surface area (Å²) in [4.78, 5) is 90.7. The van der Waals surface area contributed by atoms with Crippen molar-refractivity contribution in [2.75, 3.05) is 14.2 Å². The Morgan fingerprint density at radius 2 is 0.564 bits per heavy atom. The predicted octanol–water partition coefficient (Wildman–Crippen LogP) is 16.2. The van der Waals surface area contributed by atoms with Crippen LogP contribution in [0.3, 0.4) is 0 Å². The van der Waals surface area contributed by atoms with Gasteiger partial charge in [0, 0.05) is 22.3 Å². The third kappa shape index (κ3) is 15.4. The zero-order valence-corrected chi connectivity index (χ0v) is 52.1. The zero-order valence-electron chi connectivity index (χ0n) is 50.3. The third-order valence-electron chi connectivity index (χ3n) is 16.3. The number of Topliss-reactive ketones (excluding diaryl/α,β-unsaturated/α-hetero) is 2. The summed E-state index contributed by atoms with van der Waals surface area (Å²) in [6.45, 7) is 0. The molecule has 20 heteroatoms. The number of rotatable bonds is 22. The maximum absolute atomic E-state index is 14.7. The molecule has 94 heavy (non-hydrogen) atoms. The molecular weight excluding hydrogens is 1260 g/mol. The van der Waals surface area contributed by atoms with E-state index in [1.54, 1.807) is 24.3 Å². The van der Waals surface area contributed by atoms with Crippen molar-refractivity contribution in [3.8, 4) is 22.3 Å². The molecule has 0 radical (unpaired) electrons. The van der Waals surface area contributed by atoms with E-state index in [1.807, 2.05) is 109 Å². The summed E-state index contributed by atoms with van der Waals surface area (Å²) in [5, 5.41) is 0. The number of methoxy groups -OCH3 is 2. The summed E-state index contributed by atoms with van der Waals surface area (Å²) in [6.07, 6.45) is 0.165. The fraction of sp³-hybridized carbons (Fsp3) is 0.135. The van der Waals surface area contributed by atoms with Gasteiger partial charge in [0.15, 0.2) is 11.6 Å². The molecule has 0 spiro atoms. The van der Waals surface area contributed by atoms with E-state index in [0.29, 0.717) is 22.3 Å². The highest BCUT2D eigenvalue weighted by atomic mass is 31.2. The van der Waals surface area contributed by atoms with Crippen LogP contribution in [0.5, 0.6) is 0 Å². The van der Waals surface area contributed by atoms with Crippen LogP contribution in [0.2, 0.25) is 0 Å². The summed E-state index contributed by atoms with van der Waals surface area (Å²) in [6, 6.07) is 66.4. The van der Waals surface area contributed by atoms with Gasteiger partial charge in [0.25, 0.3) is 0 Å². The summed E-state index contributed by atoms with van der Waals surface area (Å²) < 4.78 is 118. The number of carbonyl (C=O) groups excluding carboxylic acids is 4. The number of esters is 2. The largest absolute Gasteiger partial charge is 0.465 e. The number of carbonyl (C=O) groups is 4. The average Bonchev–Trinajstić information content (AvgIpc) is 0.768. The van der Waals surface area contributed by atoms with Crippen molar-refractivity contribution in [1.29, 1.82) is 0 Å². The van der Waals surface area contributed by atoms with Gasteiger partial charge >= 0.3 is 38.5 Å². The lowest BCUT2D eigenvalue weighted by molar-refractivity contribution is 0.0564.